The quantitative estimate of drug-likeness (QED) is 0.783. The number of aromatic nitrogens is 2. The number of aromatic carboxylic acids is 1. The summed E-state index contributed by atoms with van der Waals surface area (Å²) >= 11 is 5.76. The molecule has 3 aromatic rings. The van der Waals surface area contributed by atoms with Gasteiger partial charge in [-0.2, -0.15) is 0 Å². The second-order valence-electron chi connectivity index (χ2n) is 4.57. The minimum atomic E-state index is -1.07. The molecule has 0 radical (unpaired) electrons. The molecule has 3 rings (SSSR count). The van der Waals surface area contributed by atoms with Gasteiger partial charge in [0, 0.05) is 5.02 Å². The van der Waals surface area contributed by atoms with Gasteiger partial charge in [-0.05, 0) is 37.3 Å². The van der Waals surface area contributed by atoms with Gasteiger partial charge in [-0.1, -0.05) is 17.7 Å². The third-order valence-electron chi connectivity index (χ3n) is 3.23. The van der Waals surface area contributed by atoms with Crippen molar-refractivity contribution in [3.05, 3.63) is 58.6 Å². The predicted molar refractivity (Wildman–Crippen MR) is 77.7 cm³/mol. The lowest BCUT2D eigenvalue weighted by atomic mass is 10.2. The van der Waals surface area contributed by atoms with Crippen LogP contribution in [-0.2, 0) is 0 Å². The number of carbonyl (C=O) groups is 1. The van der Waals surface area contributed by atoms with Crippen LogP contribution in [0.5, 0.6) is 0 Å². The molecule has 0 aliphatic carbocycles. The molecule has 0 fully saturated rings. The van der Waals surface area contributed by atoms with E-state index in [1.54, 1.807) is 35.8 Å². The van der Waals surface area contributed by atoms with Crippen LogP contribution in [0, 0.1) is 12.7 Å². The van der Waals surface area contributed by atoms with E-state index in [1.165, 1.54) is 12.1 Å². The maximum Gasteiger partial charge on any atom is 0.337 e. The number of benzene rings is 2. The minimum absolute atomic E-state index is 0.0868. The van der Waals surface area contributed by atoms with Gasteiger partial charge in [-0.25, -0.2) is 14.2 Å². The molecule has 0 saturated carbocycles. The zero-order valence-electron chi connectivity index (χ0n) is 11.0. The molecule has 0 saturated heterocycles. The summed E-state index contributed by atoms with van der Waals surface area (Å²) in [5.74, 6) is -1.06. The Bertz CT molecular complexity index is 873. The summed E-state index contributed by atoms with van der Waals surface area (Å²) in [5.41, 5.74) is 1.23. The molecule has 1 heterocycles. The van der Waals surface area contributed by atoms with Crippen molar-refractivity contribution in [2.75, 3.05) is 0 Å². The molecular formula is C15H10ClFN2O2. The minimum Gasteiger partial charge on any atom is -0.478 e. The summed E-state index contributed by atoms with van der Waals surface area (Å²) in [6.07, 6.45) is 0. The predicted octanol–water partition coefficient (Wildman–Crippen LogP) is 3.82. The Hall–Kier alpha value is -2.40. The van der Waals surface area contributed by atoms with Gasteiger partial charge in [0.25, 0.3) is 0 Å². The van der Waals surface area contributed by atoms with Gasteiger partial charge >= 0.3 is 5.97 Å². The Kier molecular flexibility index (Phi) is 3.14. The van der Waals surface area contributed by atoms with Crippen molar-refractivity contribution in [2.45, 2.75) is 6.92 Å². The number of fused-ring (bicyclic) bond motifs is 1. The van der Waals surface area contributed by atoms with E-state index in [0.29, 0.717) is 21.9 Å². The van der Waals surface area contributed by atoms with Gasteiger partial charge in [0.15, 0.2) is 0 Å². The zero-order valence-corrected chi connectivity index (χ0v) is 11.7. The van der Waals surface area contributed by atoms with E-state index in [0.717, 1.165) is 0 Å². The lowest BCUT2D eigenvalue weighted by Crippen LogP contribution is -2.00. The first kappa shape index (κ1) is 13.6. The van der Waals surface area contributed by atoms with Crippen molar-refractivity contribution in [3.8, 4) is 5.69 Å². The standard InChI is InChI=1S/C15H10ClFN2O2/c1-8-18-14-10(15(20)21)3-2-4-13(14)19(8)12-6-5-9(16)7-11(12)17/h2-7H,1H3,(H,20,21). The number of hydrogen-bond donors (Lipinski definition) is 1. The third kappa shape index (κ3) is 2.15. The Balaban J connectivity index is 2.36. The van der Waals surface area contributed by atoms with Gasteiger partial charge in [-0.15, -0.1) is 0 Å². The lowest BCUT2D eigenvalue weighted by Gasteiger charge is -2.08. The van der Waals surface area contributed by atoms with E-state index in [9.17, 15) is 14.3 Å². The lowest BCUT2D eigenvalue weighted by molar-refractivity contribution is 0.0699. The molecule has 0 amide bonds. The van der Waals surface area contributed by atoms with Crippen LogP contribution < -0.4 is 0 Å². The van der Waals surface area contributed by atoms with Crippen LogP contribution in [-0.4, -0.2) is 20.6 Å². The van der Waals surface area contributed by atoms with Crippen LogP contribution in [0.15, 0.2) is 36.4 Å². The van der Waals surface area contributed by atoms with Crippen LogP contribution >= 0.6 is 11.6 Å². The average molecular weight is 305 g/mol. The Labute approximate surface area is 124 Å². The molecule has 6 heteroatoms. The summed E-state index contributed by atoms with van der Waals surface area (Å²) < 4.78 is 15.7. The number of nitrogens with zero attached hydrogens (tertiary/aromatic N) is 2. The van der Waals surface area contributed by atoms with E-state index >= 15 is 0 Å². The van der Waals surface area contributed by atoms with Crippen LogP contribution in [0.2, 0.25) is 5.02 Å². The second kappa shape index (κ2) is 4.86. The van der Waals surface area contributed by atoms with Gasteiger partial charge < -0.3 is 5.11 Å². The molecule has 21 heavy (non-hydrogen) atoms. The fourth-order valence-electron chi connectivity index (χ4n) is 2.35. The molecule has 4 nitrogen and oxygen atoms in total. The average Bonchev–Trinajstić information content (AvgIpc) is 2.74. The summed E-state index contributed by atoms with van der Waals surface area (Å²) in [7, 11) is 0. The van der Waals surface area contributed by atoms with E-state index < -0.39 is 11.8 Å². The number of imidazole rings is 1. The van der Waals surface area contributed by atoms with E-state index in [-0.39, 0.29) is 11.3 Å². The van der Waals surface area contributed by atoms with Crippen molar-refractivity contribution >= 4 is 28.6 Å². The molecule has 106 valence electrons. The van der Waals surface area contributed by atoms with Gasteiger partial charge in [0.2, 0.25) is 0 Å². The molecule has 2 aromatic carbocycles. The van der Waals surface area contributed by atoms with E-state index in [4.69, 9.17) is 11.6 Å². The molecule has 0 aliphatic heterocycles. The first-order chi connectivity index (χ1) is 9.99. The number of para-hydroxylation sites is 1. The Morgan fingerprint density at radius 2 is 2.10 bits per heavy atom. The molecule has 0 spiro atoms. The Morgan fingerprint density at radius 3 is 2.76 bits per heavy atom. The summed E-state index contributed by atoms with van der Waals surface area (Å²) in [4.78, 5) is 15.5. The van der Waals surface area contributed by atoms with Gasteiger partial charge in [-0.3, -0.25) is 4.57 Å². The van der Waals surface area contributed by atoms with Crippen molar-refractivity contribution in [3.63, 3.8) is 0 Å². The smallest absolute Gasteiger partial charge is 0.337 e. The number of carboxylic acid groups (broad SMARTS) is 1. The number of aryl methyl sites for hydroxylation is 1. The highest BCUT2D eigenvalue weighted by atomic mass is 35.5. The SMILES string of the molecule is Cc1nc2c(C(=O)O)cccc2n1-c1ccc(Cl)cc1F. The summed E-state index contributed by atoms with van der Waals surface area (Å²) in [6, 6.07) is 9.11. The summed E-state index contributed by atoms with van der Waals surface area (Å²) in [5, 5.41) is 9.50. The van der Waals surface area contributed by atoms with Crippen molar-refractivity contribution in [2.24, 2.45) is 0 Å². The monoisotopic (exact) mass is 304 g/mol. The highest BCUT2D eigenvalue weighted by Crippen LogP contribution is 2.26. The molecule has 0 aliphatic rings. The number of carboxylic acids is 1. The molecule has 0 unspecified atom stereocenters. The maximum absolute atomic E-state index is 14.1. The van der Waals surface area contributed by atoms with E-state index in [1.807, 2.05) is 0 Å². The van der Waals surface area contributed by atoms with Crippen molar-refractivity contribution in [1.82, 2.24) is 9.55 Å². The Morgan fingerprint density at radius 1 is 1.33 bits per heavy atom. The zero-order chi connectivity index (χ0) is 15.1. The first-order valence-electron chi connectivity index (χ1n) is 6.16. The molecule has 0 atom stereocenters. The highest BCUT2D eigenvalue weighted by Gasteiger charge is 2.17. The maximum atomic E-state index is 14.1. The second-order valence-corrected chi connectivity index (χ2v) is 5.01. The van der Waals surface area contributed by atoms with Crippen LogP contribution in [0.4, 0.5) is 4.39 Å². The number of rotatable bonds is 2. The van der Waals surface area contributed by atoms with Crippen LogP contribution in [0.1, 0.15) is 16.2 Å². The van der Waals surface area contributed by atoms with Crippen LogP contribution in [0.25, 0.3) is 16.7 Å². The third-order valence-corrected chi connectivity index (χ3v) is 3.47. The molecule has 0 bridgehead atoms. The molecule has 1 aromatic heterocycles. The fourth-order valence-corrected chi connectivity index (χ4v) is 2.51. The van der Waals surface area contributed by atoms with Crippen molar-refractivity contribution in [1.29, 1.82) is 0 Å². The summed E-state index contributed by atoms with van der Waals surface area (Å²) in [6.45, 7) is 1.69. The van der Waals surface area contributed by atoms with Crippen LogP contribution in [0.3, 0.4) is 0 Å². The number of halogens is 2. The molecule has 1 N–H and O–H groups in total. The highest BCUT2D eigenvalue weighted by molar-refractivity contribution is 6.30. The van der Waals surface area contributed by atoms with Gasteiger partial charge in [0.05, 0.1) is 16.8 Å². The normalized spacial score (nSPS) is 11.0. The fraction of sp³-hybridized carbons (Fsp3) is 0.0667. The topological polar surface area (TPSA) is 55.1 Å². The van der Waals surface area contributed by atoms with Gasteiger partial charge in [0.1, 0.15) is 17.2 Å². The van der Waals surface area contributed by atoms with Crippen molar-refractivity contribution < 1.29 is 14.3 Å². The largest absolute Gasteiger partial charge is 0.478 e. The van der Waals surface area contributed by atoms with E-state index in [2.05, 4.69) is 4.98 Å². The first-order valence-corrected chi connectivity index (χ1v) is 6.53. The molecular weight excluding hydrogens is 295 g/mol. The number of hydrogen-bond acceptors (Lipinski definition) is 2.